The van der Waals surface area contributed by atoms with Gasteiger partial charge in [-0.25, -0.2) is 4.39 Å². The Labute approximate surface area is 496 Å². The lowest BCUT2D eigenvalue weighted by molar-refractivity contribution is 0.627. The van der Waals surface area contributed by atoms with E-state index in [4.69, 9.17) is 4.42 Å². The van der Waals surface area contributed by atoms with E-state index < -0.39 is 8.07 Å². The number of hydrogen-bond donors (Lipinski definition) is 0. The number of para-hydroxylation sites is 2. The summed E-state index contributed by atoms with van der Waals surface area (Å²) in [6.45, 7) is 19.7. The number of hydrogen-bond acceptors (Lipinski definition) is 2. The Hall–Kier alpha value is -8.93. The molecule has 0 bridgehead atoms. The number of thiophene rings is 1. The van der Waals surface area contributed by atoms with Gasteiger partial charge in [0.15, 0.2) is 0 Å². The lowest BCUT2D eigenvalue weighted by Crippen LogP contribution is -2.37. The van der Waals surface area contributed by atoms with E-state index in [1.165, 1.54) is 86.4 Å². The van der Waals surface area contributed by atoms with Crippen molar-refractivity contribution >= 4 is 77.5 Å². The summed E-state index contributed by atoms with van der Waals surface area (Å²) in [5, 5.41) is 9.07. The Balaban J connectivity index is 0.000000121. The maximum atomic E-state index is 13.5. The van der Waals surface area contributed by atoms with Crippen molar-refractivity contribution in [2.45, 2.75) is 61.2 Å². The summed E-state index contributed by atoms with van der Waals surface area (Å²) < 4.78 is 22.1. The second kappa shape index (κ2) is 27.7. The Morgan fingerprint density at radius 1 is 0.337 bits per heavy atom. The molecule has 4 heteroatoms. The molecule has 412 valence electrons. The van der Waals surface area contributed by atoms with Gasteiger partial charge in [-0.3, -0.25) is 0 Å². The van der Waals surface area contributed by atoms with Crippen molar-refractivity contribution in [1.29, 1.82) is 0 Å². The first-order valence-corrected chi connectivity index (χ1v) is 32.8. The molecule has 0 unspecified atom stereocenters. The molecule has 14 rings (SSSR count). The molecule has 0 aliphatic rings. The predicted octanol–water partition coefficient (Wildman–Crippen LogP) is 23.1. The van der Waals surface area contributed by atoms with Crippen LogP contribution >= 0.6 is 11.3 Å². The van der Waals surface area contributed by atoms with Gasteiger partial charge < -0.3 is 4.42 Å². The summed E-state index contributed by atoms with van der Waals surface area (Å²) in [5.74, 6) is -0.182. The summed E-state index contributed by atoms with van der Waals surface area (Å²) in [4.78, 5) is 0. The highest BCUT2D eigenvalue weighted by Crippen LogP contribution is 2.36. The van der Waals surface area contributed by atoms with Gasteiger partial charge in [0, 0.05) is 30.9 Å². The molecule has 0 N–H and O–H groups in total. The second-order valence-corrected chi connectivity index (χ2v) is 28.3. The van der Waals surface area contributed by atoms with Gasteiger partial charge in [0.05, 0.1) is 8.07 Å². The van der Waals surface area contributed by atoms with Crippen molar-refractivity contribution in [1.82, 2.24) is 0 Å². The first kappa shape index (κ1) is 58.7. The van der Waals surface area contributed by atoms with E-state index >= 15 is 0 Å². The minimum atomic E-state index is -1.06. The Kier molecular flexibility index (Phi) is 19.6. The van der Waals surface area contributed by atoms with E-state index in [2.05, 4.69) is 261 Å². The SMILES string of the molecule is Cc1cc(F)cc(-c2cccc3ccccc23)c1.Cc1ccc(-c2ccccc2)cc1.Cc1ccc([Si](C)(C)C)cc1.Cc1cccc2c1oc1ccccc12.Cc1cccc2c1sc1ccccc12.Cc1ccccc1-c1ccccc1. The normalized spacial score (nSPS) is 10.8. The van der Waals surface area contributed by atoms with E-state index in [1.54, 1.807) is 17.3 Å². The summed E-state index contributed by atoms with van der Waals surface area (Å²) in [6.07, 6.45) is 0. The fourth-order valence-corrected chi connectivity index (χ4v) is 12.4. The van der Waals surface area contributed by atoms with Crippen LogP contribution in [0.5, 0.6) is 0 Å². The fourth-order valence-electron chi connectivity index (χ4n) is 10.1. The molecule has 2 aromatic heterocycles. The van der Waals surface area contributed by atoms with Crippen LogP contribution in [0.3, 0.4) is 0 Å². The van der Waals surface area contributed by atoms with E-state index in [0.717, 1.165) is 33.2 Å². The summed E-state index contributed by atoms with van der Waals surface area (Å²) in [5.41, 5.74) is 16.7. The molecule has 0 radical (unpaired) electrons. The average Bonchev–Trinajstić information content (AvgIpc) is 4.26. The number of furan rings is 1. The molecule has 2 heterocycles. The maximum Gasteiger partial charge on any atom is 0.138 e. The largest absolute Gasteiger partial charge is 0.456 e. The van der Waals surface area contributed by atoms with Crippen LogP contribution in [0.2, 0.25) is 19.6 Å². The number of rotatable bonds is 4. The van der Waals surface area contributed by atoms with Gasteiger partial charge in [-0.2, -0.15) is 0 Å². The van der Waals surface area contributed by atoms with Crippen LogP contribution in [0.15, 0.2) is 283 Å². The molecular formula is C79H73FOSSi. The van der Waals surface area contributed by atoms with Gasteiger partial charge in [-0.1, -0.05) is 291 Å². The summed E-state index contributed by atoms with van der Waals surface area (Å²) >= 11 is 1.89. The zero-order valence-electron chi connectivity index (χ0n) is 49.3. The van der Waals surface area contributed by atoms with Crippen LogP contribution in [0.1, 0.15) is 33.4 Å². The van der Waals surface area contributed by atoms with Crippen LogP contribution in [-0.2, 0) is 0 Å². The molecule has 0 saturated heterocycles. The highest BCUT2D eigenvalue weighted by atomic mass is 32.1. The zero-order chi connectivity index (χ0) is 58.3. The minimum Gasteiger partial charge on any atom is -0.456 e. The highest BCUT2D eigenvalue weighted by molar-refractivity contribution is 7.26. The average molecular weight is 1120 g/mol. The van der Waals surface area contributed by atoms with Crippen molar-refractivity contribution in [2.75, 3.05) is 0 Å². The first-order chi connectivity index (χ1) is 40.2. The van der Waals surface area contributed by atoms with Gasteiger partial charge in [0.1, 0.15) is 17.0 Å². The number of aryl methyl sites for hydroxylation is 6. The molecule has 0 amide bonds. The third-order valence-electron chi connectivity index (χ3n) is 14.7. The minimum absolute atomic E-state index is 0.182. The number of fused-ring (bicyclic) bond motifs is 7. The van der Waals surface area contributed by atoms with E-state index in [-0.39, 0.29) is 5.82 Å². The Morgan fingerprint density at radius 3 is 1.51 bits per heavy atom. The van der Waals surface area contributed by atoms with Gasteiger partial charge in [0.25, 0.3) is 0 Å². The monoisotopic (exact) mass is 1120 g/mol. The molecule has 0 aliphatic heterocycles. The molecule has 83 heavy (non-hydrogen) atoms. The molecule has 1 nitrogen and oxygen atoms in total. The van der Waals surface area contributed by atoms with Crippen LogP contribution in [-0.4, -0.2) is 8.07 Å². The van der Waals surface area contributed by atoms with Crippen molar-refractivity contribution in [3.05, 3.63) is 318 Å². The standard InChI is InChI=1S/C17H13F.C13H10O.C13H10S.2C13H12.C10H16Si/c1-12-9-14(11-15(18)10-12)17-8-4-6-13-5-2-3-7-16(13)17;2*1-9-5-4-7-11-10-6-2-3-8-12(10)14-13(9)11;1-11-7-5-6-10-13(11)12-8-3-2-4-9-12;1-11-7-9-13(10-8-11)12-5-3-2-4-6-12;1-9-5-7-10(8-6-9)11(2,3)4/h2-11H,1H3;2*2-8H,1H3;2*2-10H,1H3;5-8H,1-4H3. The first-order valence-electron chi connectivity index (χ1n) is 28.5. The second-order valence-electron chi connectivity index (χ2n) is 22.2. The van der Waals surface area contributed by atoms with E-state index in [0.29, 0.717) is 0 Å². The highest BCUT2D eigenvalue weighted by Gasteiger charge is 2.15. The summed E-state index contributed by atoms with van der Waals surface area (Å²) in [7, 11) is -1.06. The maximum absolute atomic E-state index is 13.5. The van der Waals surface area contributed by atoms with Gasteiger partial charge in [0.2, 0.25) is 0 Å². The van der Waals surface area contributed by atoms with E-state index in [1.807, 2.05) is 78.9 Å². The zero-order valence-corrected chi connectivity index (χ0v) is 51.1. The van der Waals surface area contributed by atoms with Crippen molar-refractivity contribution < 1.29 is 8.81 Å². The Morgan fingerprint density at radius 2 is 0.831 bits per heavy atom. The smallest absolute Gasteiger partial charge is 0.138 e. The lowest BCUT2D eigenvalue weighted by atomic mass is 9.97. The fraction of sp³-hybridized carbons (Fsp3) is 0.114. The van der Waals surface area contributed by atoms with Crippen LogP contribution < -0.4 is 5.19 Å². The predicted molar refractivity (Wildman–Crippen MR) is 364 cm³/mol. The summed E-state index contributed by atoms with van der Waals surface area (Å²) in [6, 6.07) is 95.9. The van der Waals surface area contributed by atoms with Gasteiger partial charge in [-0.05, 0) is 132 Å². The lowest BCUT2D eigenvalue weighted by Gasteiger charge is -2.16. The molecule has 0 saturated carbocycles. The Bertz CT molecular complexity index is 4220. The van der Waals surface area contributed by atoms with Crippen LogP contribution in [0.4, 0.5) is 4.39 Å². The van der Waals surface area contributed by atoms with Crippen LogP contribution in [0, 0.1) is 47.4 Å². The third-order valence-corrected chi connectivity index (χ3v) is 18.0. The molecule has 12 aromatic carbocycles. The topological polar surface area (TPSA) is 13.1 Å². The quantitative estimate of drug-likeness (QED) is 0.160. The molecule has 0 spiro atoms. The molecule has 0 atom stereocenters. The van der Waals surface area contributed by atoms with Gasteiger partial charge in [-0.15, -0.1) is 11.3 Å². The van der Waals surface area contributed by atoms with Crippen LogP contribution in [0.25, 0.3) is 86.3 Å². The van der Waals surface area contributed by atoms with Crippen molar-refractivity contribution in [3.63, 3.8) is 0 Å². The van der Waals surface area contributed by atoms with Crippen molar-refractivity contribution in [3.8, 4) is 33.4 Å². The van der Waals surface area contributed by atoms with Crippen molar-refractivity contribution in [2.24, 2.45) is 0 Å². The molecule has 0 fully saturated rings. The molecule has 0 aliphatic carbocycles. The number of benzene rings is 12. The van der Waals surface area contributed by atoms with E-state index in [9.17, 15) is 4.39 Å². The number of halogens is 1. The van der Waals surface area contributed by atoms with Gasteiger partial charge >= 0.3 is 0 Å². The molecule has 14 aromatic rings. The third kappa shape index (κ3) is 15.3. The molecular weight excluding hydrogens is 1040 g/mol.